The molecule has 0 saturated heterocycles. The standard InChI is InChI=1S/C12H28N2O2/c1-11(2,15)9-14(8-7-13(5)6)10-12(3,4)16/h15-16H,7-10H2,1-6H3. The largest absolute Gasteiger partial charge is 0.389 e. The summed E-state index contributed by atoms with van der Waals surface area (Å²) in [6, 6.07) is 0. The fourth-order valence-corrected chi connectivity index (χ4v) is 1.65. The molecule has 0 atom stereocenters. The van der Waals surface area contributed by atoms with Crippen LogP contribution in [0, 0.1) is 0 Å². The minimum absolute atomic E-state index is 0.574. The van der Waals surface area contributed by atoms with Gasteiger partial charge in [-0.3, -0.25) is 4.90 Å². The van der Waals surface area contributed by atoms with E-state index in [9.17, 15) is 10.2 Å². The number of nitrogens with zero attached hydrogens (tertiary/aromatic N) is 2. The Balaban J connectivity index is 4.28. The van der Waals surface area contributed by atoms with Gasteiger partial charge < -0.3 is 15.1 Å². The van der Waals surface area contributed by atoms with Gasteiger partial charge in [0.1, 0.15) is 0 Å². The minimum Gasteiger partial charge on any atom is -0.389 e. The van der Waals surface area contributed by atoms with Crippen LogP contribution >= 0.6 is 0 Å². The number of aliphatic hydroxyl groups is 2. The van der Waals surface area contributed by atoms with E-state index in [4.69, 9.17) is 0 Å². The zero-order valence-electron chi connectivity index (χ0n) is 11.6. The molecule has 16 heavy (non-hydrogen) atoms. The van der Waals surface area contributed by atoms with E-state index in [1.54, 1.807) is 27.7 Å². The second-order valence-corrected chi connectivity index (χ2v) is 6.14. The molecular formula is C12H28N2O2. The first-order chi connectivity index (χ1) is 6.99. The smallest absolute Gasteiger partial charge is 0.0718 e. The summed E-state index contributed by atoms with van der Waals surface area (Å²) in [5.41, 5.74) is -1.45. The fourth-order valence-electron chi connectivity index (χ4n) is 1.65. The van der Waals surface area contributed by atoms with Gasteiger partial charge in [-0.2, -0.15) is 0 Å². The summed E-state index contributed by atoms with van der Waals surface area (Å²) >= 11 is 0. The molecule has 0 unspecified atom stereocenters. The Morgan fingerprint density at radius 2 is 1.19 bits per heavy atom. The highest BCUT2D eigenvalue weighted by molar-refractivity contribution is 4.78. The molecule has 0 aliphatic heterocycles. The van der Waals surface area contributed by atoms with E-state index < -0.39 is 11.2 Å². The minimum atomic E-state index is -0.725. The average Bonchev–Trinajstić information content (AvgIpc) is 1.93. The van der Waals surface area contributed by atoms with Crippen LogP contribution in [0.15, 0.2) is 0 Å². The first-order valence-electron chi connectivity index (χ1n) is 5.81. The molecule has 4 heteroatoms. The monoisotopic (exact) mass is 232 g/mol. The van der Waals surface area contributed by atoms with Crippen molar-refractivity contribution in [2.45, 2.75) is 38.9 Å². The summed E-state index contributed by atoms with van der Waals surface area (Å²) in [7, 11) is 4.04. The van der Waals surface area contributed by atoms with Crippen molar-refractivity contribution in [1.29, 1.82) is 0 Å². The molecule has 0 radical (unpaired) electrons. The lowest BCUT2D eigenvalue weighted by atomic mass is 10.1. The summed E-state index contributed by atoms with van der Waals surface area (Å²) in [4.78, 5) is 4.20. The van der Waals surface area contributed by atoms with Gasteiger partial charge in [0.15, 0.2) is 0 Å². The fraction of sp³-hybridized carbons (Fsp3) is 1.00. The molecule has 0 aliphatic carbocycles. The highest BCUT2D eigenvalue weighted by Gasteiger charge is 2.23. The lowest BCUT2D eigenvalue weighted by Gasteiger charge is -2.33. The van der Waals surface area contributed by atoms with Gasteiger partial charge >= 0.3 is 0 Å². The third-order valence-electron chi connectivity index (χ3n) is 2.08. The molecule has 0 bridgehead atoms. The molecule has 0 rings (SSSR count). The van der Waals surface area contributed by atoms with Crippen molar-refractivity contribution in [2.24, 2.45) is 0 Å². The van der Waals surface area contributed by atoms with E-state index in [-0.39, 0.29) is 0 Å². The van der Waals surface area contributed by atoms with Crippen molar-refractivity contribution >= 4 is 0 Å². The molecular weight excluding hydrogens is 204 g/mol. The predicted octanol–water partition coefficient (Wildman–Crippen LogP) is 0.392. The third-order valence-corrected chi connectivity index (χ3v) is 2.08. The van der Waals surface area contributed by atoms with Crippen molar-refractivity contribution < 1.29 is 10.2 Å². The zero-order valence-corrected chi connectivity index (χ0v) is 11.6. The van der Waals surface area contributed by atoms with Crippen molar-refractivity contribution in [3.05, 3.63) is 0 Å². The number of likely N-dealkylation sites (N-methyl/N-ethyl adjacent to an activating group) is 1. The van der Waals surface area contributed by atoms with Crippen LogP contribution in [-0.4, -0.2) is 71.5 Å². The quantitative estimate of drug-likeness (QED) is 0.667. The van der Waals surface area contributed by atoms with Gasteiger partial charge in [0.2, 0.25) is 0 Å². The SMILES string of the molecule is CN(C)CCN(CC(C)(C)O)CC(C)(C)O. The lowest BCUT2D eigenvalue weighted by Crippen LogP contribution is -2.47. The van der Waals surface area contributed by atoms with Crippen LogP contribution in [-0.2, 0) is 0 Å². The molecule has 98 valence electrons. The van der Waals surface area contributed by atoms with Crippen LogP contribution < -0.4 is 0 Å². The highest BCUT2D eigenvalue weighted by Crippen LogP contribution is 2.10. The van der Waals surface area contributed by atoms with E-state index >= 15 is 0 Å². The lowest BCUT2D eigenvalue weighted by molar-refractivity contribution is -0.00900. The van der Waals surface area contributed by atoms with Crippen LogP contribution in [0.5, 0.6) is 0 Å². The van der Waals surface area contributed by atoms with Gasteiger partial charge in [-0.05, 0) is 41.8 Å². The molecule has 0 aromatic heterocycles. The van der Waals surface area contributed by atoms with Crippen LogP contribution in [0.1, 0.15) is 27.7 Å². The van der Waals surface area contributed by atoms with Gasteiger partial charge in [-0.25, -0.2) is 0 Å². The molecule has 0 aromatic rings. The van der Waals surface area contributed by atoms with Crippen molar-refractivity contribution in [1.82, 2.24) is 9.80 Å². The summed E-state index contributed by atoms with van der Waals surface area (Å²) < 4.78 is 0. The molecule has 0 heterocycles. The zero-order chi connectivity index (χ0) is 13.0. The maximum Gasteiger partial charge on any atom is 0.0718 e. The Morgan fingerprint density at radius 3 is 1.44 bits per heavy atom. The van der Waals surface area contributed by atoms with Gasteiger partial charge in [0.05, 0.1) is 11.2 Å². The Morgan fingerprint density at radius 1 is 0.812 bits per heavy atom. The van der Waals surface area contributed by atoms with Crippen molar-refractivity contribution in [3.8, 4) is 0 Å². The molecule has 4 nitrogen and oxygen atoms in total. The van der Waals surface area contributed by atoms with Crippen molar-refractivity contribution in [3.63, 3.8) is 0 Å². The van der Waals surface area contributed by atoms with E-state index in [1.165, 1.54) is 0 Å². The van der Waals surface area contributed by atoms with Crippen LogP contribution in [0.2, 0.25) is 0 Å². The third kappa shape index (κ3) is 10.4. The number of rotatable bonds is 7. The van der Waals surface area contributed by atoms with E-state index in [1.807, 2.05) is 14.1 Å². The van der Waals surface area contributed by atoms with Crippen LogP contribution in [0.3, 0.4) is 0 Å². The first-order valence-corrected chi connectivity index (χ1v) is 5.81. The Bertz CT molecular complexity index is 176. The average molecular weight is 232 g/mol. The second kappa shape index (κ2) is 5.96. The summed E-state index contributed by atoms with van der Waals surface area (Å²) in [6.07, 6.45) is 0. The number of hydrogen-bond donors (Lipinski definition) is 2. The van der Waals surface area contributed by atoms with Gasteiger partial charge in [0, 0.05) is 26.2 Å². The molecule has 0 saturated carbocycles. The predicted molar refractivity (Wildman–Crippen MR) is 67.6 cm³/mol. The van der Waals surface area contributed by atoms with E-state index in [2.05, 4.69) is 9.80 Å². The van der Waals surface area contributed by atoms with Gasteiger partial charge in [-0.15, -0.1) is 0 Å². The highest BCUT2D eigenvalue weighted by atomic mass is 16.3. The van der Waals surface area contributed by atoms with Crippen molar-refractivity contribution in [2.75, 3.05) is 40.3 Å². The Kier molecular flexibility index (Phi) is 5.90. The molecule has 0 aromatic carbocycles. The Hall–Kier alpha value is -0.160. The topological polar surface area (TPSA) is 46.9 Å². The van der Waals surface area contributed by atoms with E-state index in [0.717, 1.165) is 13.1 Å². The molecule has 0 fully saturated rings. The maximum absolute atomic E-state index is 9.81. The van der Waals surface area contributed by atoms with Crippen LogP contribution in [0.25, 0.3) is 0 Å². The maximum atomic E-state index is 9.81. The molecule has 0 amide bonds. The van der Waals surface area contributed by atoms with Crippen LogP contribution in [0.4, 0.5) is 0 Å². The molecule has 0 spiro atoms. The van der Waals surface area contributed by atoms with Gasteiger partial charge in [-0.1, -0.05) is 0 Å². The second-order valence-electron chi connectivity index (χ2n) is 6.14. The Labute approximate surface area is 99.9 Å². The van der Waals surface area contributed by atoms with E-state index in [0.29, 0.717) is 13.1 Å². The van der Waals surface area contributed by atoms with Gasteiger partial charge in [0.25, 0.3) is 0 Å². The number of hydrogen-bond acceptors (Lipinski definition) is 4. The molecule has 0 aliphatic rings. The summed E-state index contributed by atoms with van der Waals surface area (Å²) in [6.45, 7) is 10.1. The normalized spacial score (nSPS) is 13.9. The first kappa shape index (κ1) is 15.8. The summed E-state index contributed by atoms with van der Waals surface area (Å²) in [5, 5.41) is 19.6. The summed E-state index contributed by atoms with van der Waals surface area (Å²) in [5.74, 6) is 0. The molecule has 2 N–H and O–H groups in total.